The standard InChI is InChI=1S/C14H21O4/c1-9(10(2)15)6-11-7-12(16-3)14(18-5)13(8-11)17-4/h7-10,15H,2,6H2,1,3-5H3/t9?,10-/m1/s1. The third-order valence-electron chi connectivity index (χ3n) is 2.94. The van der Waals surface area contributed by atoms with Crippen molar-refractivity contribution < 1.29 is 19.3 Å². The molecular formula is C14H21O4. The summed E-state index contributed by atoms with van der Waals surface area (Å²) in [5, 5.41) is 9.44. The average Bonchev–Trinajstić information content (AvgIpc) is 2.37. The van der Waals surface area contributed by atoms with Gasteiger partial charge in [0.2, 0.25) is 5.75 Å². The van der Waals surface area contributed by atoms with E-state index in [0.29, 0.717) is 23.7 Å². The number of aliphatic hydroxyl groups is 1. The topological polar surface area (TPSA) is 47.9 Å². The summed E-state index contributed by atoms with van der Waals surface area (Å²) in [6.45, 7) is 5.57. The number of ether oxygens (including phenoxy) is 3. The second-order valence-corrected chi connectivity index (χ2v) is 4.28. The predicted molar refractivity (Wildman–Crippen MR) is 70.3 cm³/mol. The van der Waals surface area contributed by atoms with Crippen LogP contribution < -0.4 is 14.2 Å². The quantitative estimate of drug-likeness (QED) is 0.843. The molecule has 0 aliphatic rings. The van der Waals surface area contributed by atoms with Crippen LogP contribution in [0.25, 0.3) is 0 Å². The molecular weight excluding hydrogens is 232 g/mol. The van der Waals surface area contributed by atoms with E-state index in [4.69, 9.17) is 14.2 Å². The average molecular weight is 253 g/mol. The van der Waals surface area contributed by atoms with Gasteiger partial charge in [0, 0.05) is 0 Å². The maximum absolute atomic E-state index is 9.44. The third-order valence-corrected chi connectivity index (χ3v) is 2.94. The highest BCUT2D eigenvalue weighted by Crippen LogP contribution is 2.38. The lowest BCUT2D eigenvalue weighted by Crippen LogP contribution is -2.16. The Morgan fingerprint density at radius 1 is 1.11 bits per heavy atom. The molecule has 0 aliphatic carbocycles. The van der Waals surface area contributed by atoms with E-state index >= 15 is 0 Å². The van der Waals surface area contributed by atoms with Gasteiger partial charge in [-0.25, -0.2) is 0 Å². The van der Waals surface area contributed by atoms with Gasteiger partial charge in [0.25, 0.3) is 0 Å². The molecule has 1 aromatic rings. The van der Waals surface area contributed by atoms with Gasteiger partial charge >= 0.3 is 0 Å². The molecule has 1 rings (SSSR count). The molecule has 0 spiro atoms. The summed E-state index contributed by atoms with van der Waals surface area (Å²) in [5.74, 6) is 1.88. The number of aliphatic hydroxyl groups excluding tert-OH is 1. The maximum Gasteiger partial charge on any atom is 0.203 e. The molecule has 4 heteroatoms. The van der Waals surface area contributed by atoms with E-state index < -0.39 is 6.10 Å². The van der Waals surface area contributed by atoms with E-state index in [9.17, 15) is 5.11 Å². The second kappa shape index (κ2) is 6.50. The minimum absolute atomic E-state index is 0.0628. The summed E-state index contributed by atoms with van der Waals surface area (Å²) in [6, 6.07) is 3.78. The molecule has 0 saturated heterocycles. The monoisotopic (exact) mass is 253 g/mol. The van der Waals surface area contributed by atoms with Crippen LogP contribution in [0.5, 0.6) is 17.2 Å². The first kappa shape index (κ1) is 14.6. The highest BCUT2D eigenvalue weighted by molar-refractivity contribution is 5.53. The Labute approximate surface area is 108 Å². The Kier molecular flexibility index (Phi) is 5.28. The van der Waals surface area contributed by atoms with Crippen molar-refractivity contribution in [2.24, 2.45) is 5.92 Å². The predicted octanol–water partition coefficient (Wildman–Crippen LogP) is 2.09. The fourth-order valence-electron chi connectivity index (χ4n) is 1.76. The van der Waals surface area contributed by atoms with Crippen molar-refractivity contribution in [2.75, 3.05) is 21.3 Å². The van der Waals surface area contributed by atoms with Crippen molar-refractivity contribution in [3.63, 3.8) is 0 Å². The first-order valence-corrected chi connectivity index (χ1v) is 5.83. The van der Waals surface area contributed by atoms with Crippen LogP contribution in [0.15, 0.2) is 12.1 Å². The lowest BCUT2D eigenvalue weighted by Gasteiger charge is -2.17. The smallest absolute Gasteiger partial charge is 0.203 e. The fourth-order valence-corrected chi connectivity index (χ4v) is 1.76. The zero-order chi connectivity index (χ0) is 13.7. The summed E-state index contributed by atoms with van der Waals surface area (Å²) in [5.41, 5.74) is 1.01. The Morgan fingerprint density at radius 2 is 1.61 bits per heavy atom. The van der Waals surface area contributed by atoms with Crippen molar-refractivity contribution in [2.45, 2.75) is 19.4 Å². The van der Waals surface area contributed by atoms with E-state index in [1.165, 1.54) is 0 Å². The van der Waals surface area contributed by atoms with Crippen molar-refractivity contribution in [3.8, 4) is 17.2 Å². The molecule has 1 radical (unpaired) electrons. The number of hydrogen-bond donors (Lipinski definition) is 1. The van der Waals surface area contributed by atoms with Gasteiger partial charge in [-0.05, 0) is 37.0 Å². The Balaban J connectivity index is 3.07. The minimum atomic E-state index is -0.593. The van der Waals surface area contributed by atoms with Gasteiger partial charge in [-0.3, -0.25) is 0 Å². The van der Waals surface area contributed by atoms with Crippen LogP contribution in [0, 0.1) is 12.8 Å². The van der Waals surface area contributed by atoms with Gasteiger partial charge in [0.05, 0.1) is 27.4 Å². The fraction of sp³-hybridized carbons (Fsp3) is 0.500. The molecule has 0 fully saturated rings. The number of hydrogen-bond acceptors (Lipinski definition) is 4. The summed E-state index contributed by atoms with van der Waals surface area (Å²) >= 11 is 0. The van der Waals surface area contributed by atoms with Gasteiger partial charge in [0.1, 0.15) is 0 Å². The molecule has 18 heavy (non-hydrogen) atoms. The second-order valence-electron chi connectivity index (χ2n) is 4.28. The van der Waals surface area contributed by atoms with Crippen LogP contribution >= 0.6 is 0 Å². The minimum Gasteiger partial charge on any atom is -0.493 e. The van der Waals surface area contributed by atoms with Gasteiger partial charge in [-0.1, -0.05) is 6.92 Å². The first-order valence-electron chi connectivity index (χ1n) is 5.83. The molecule has 1 N–H and O–H groups in total. The van der Waals surface area contributed by atoms with Crippen LogP contribution in [0.2, 0.25) is 0 Å². The van der Waals surface area contributed by atoms with E-state index in [0.717, 1.165) is 5.56 Å². The van der Waals surface area contributed by atoms with Crippen LogP contribution in [-0.2, 0) is 6.42 Å². The number of rotatable bonds is 6. The van der Waals surface area contributed by atoms with E-state index in [1.54, 1.807) is 21.3 Å². The molecule has 0 saturated carbocycles. The molecule has 1 unspecified atom stereocenters. The van der Waals surface area contributed by atoms with E-state index in [1.807, 2.05) is 19.1 Å². The Bertz CT molecular complexity index is 362. The van der Waals surface area contributed by atoms with Crippen LogP contribution in [0.1, 0.15) is 12.5 Å². The molecule has 0 aliphatic heterocycles. The van der Waals surface area contributed by atoms with Crippen LogP contribution in [-0.4, -0.2) is 32.5 Å². The largest absolute Gasteiger partial charge is 0.493 e. The van der Waals surface area contributed by atoms with Gasteiger partial charge in [0.15, 0.2) is 11.5 Å². The summed E-state index contributed by atoms with van der Waals surface area (Å²) in [7, 11) is 4.74. The molecule has 0 amide bonds. The highest BCUT2D eigenvalue weighted by Gasteiger charge is 2.16. The Hall–Kier alpha value is -1.42. The lowest BCUT2D eigenvalue weighted by molar-refractivity contribution is 0.159. The third kappa shape index (κ3) is 3.29. The molecule has 0 heterocycles. The van der Waals surface area contributed by atoms with Gasteiger partial charge < -0.3 is 19.3 Å². The van der Waals surface area contributed by atoms with Gasteiger partial charge in [-0.15, -0.1) is 0 Å². The number of methoxy groups -OCH3 is 3. The molecule has 2 atom stereocenters. The van der Waals surface area contributed by atoms with Gasteiger partial charge in [-0.2, -0.15) is 0 Å². The number of benzene rings is 1. The highest BCUT2D eigenvalue weighted by atomic mass is 16.5. The van der Waals surface area contributed by atoms with Crippen molar-refractivity contribution in [1.29, 1.82) is 0 Å². The normalized spacial score (nSPS) is 13.9. The molecule has 0 bridgehead atoms. The van der Waals surface area contributed by atoms with Crippen LogP contribution in [0.3, 0.4) is 0 Å². The Morgan fingerprint density at radius 3 is 1.94 bits per heavy atom. The van der Waals surface area contributed by atoms with Crippen molar-refractivity contribution in [1.82, 2.24) is 0 Å². The summed E-state index contributed by atoms with van der Waals surface area (Å²) in [6.07, 6.45) is 0.102. The molecule has 4 nitrogen and oxygen atoms in total. The molecule has 1 aromatic carbocycles. The SMILES string of the molecule is [CH2][C@@H](O)C(C)Cc1cc(OC)c(OC)c(OC)c1. The summed E-state index contributed by atoms with van der Waals surface area (Å²) in [4.78, 5) is 0. The van der Waals surface area contributed by atoms with Crippen molar-refractivity contribution >= 4 is 0 Å². The summed E-state index contributed by atoms with van der Waals surface area (Å²) < 4.78 is 15.8. The van der Waals surface area contributed by atoms with E-state index in [2.05, 4.69) is 6.92 Å². The maximum atomic E-state index is 9.44. The van der Waals surface area contributed by atoms with Crippen LogP contribution in [0.4, 0.5) is 0 Å². The van der Waals surface area contributed by atoms with Crippen molar-refractivity contribution in [3.05, 3.63) is 24.6 Å². The lowest BCUT2D eigenvalue weighted by atomic mass is 9.96. The zero-order valence-electron chi connectivity index (χ0n) is 11.4. The van der Waals surface area contributed by atoms with E-state index in [-0.39, 0.29) is 5.92 Å². The zero-order valence-corrected chi connectivity index (χ0v) is 11.4. The molecule has 0 aromatic heterocycles. The molecule has 101 valence electrons. The first-order chi connectivity index (χ1) is 8.53.